The fourth-order valence-electron chi connectivity index (χ4n) is 3.53. The van der Waals surface area contributed by atoms with Crippen LogP contribution in [0.1, 0.15) is 42.9 Å². The molecule has 1 saturated heterocycles. The third-order valence-electron chi connectivity index (χ3n) is 4.84. The maximum Gasteiger partial charge on any atom is 0.225 e. The summed E-state index contributed by atoms with van der Waals surface area (Å²) < 4.78 is 5.83. The predicted molar refractivity (Wildman–Crippen MR) is 85.9 cm³/mol. The maximum absolute atomic E-state index is 12.1. The normalized spacial score (nSPS) is 22.1. The van der Waals surface area contributed by atoms with E-state index in [1.165, 1.54) is 43.5 Å². The molecule has 1 aromatic carbocycles. The van der Waals surface area contributed by atoms with E-state index in [2.05, 4.69) is 23.5 Å². The number of nitrogens with one attached hydrogen (secondary N) is 2. The van der Waals surface area contributed by atoms with Gasteiger partial charge in [-0.15, -0.1) is 0 Å². The van der Waals surface area contributed by atoms with Gasteiger partial charge in [0.2, 0.25) is 5.91 Å². The fraction of sp³-hybridized carbons (Fsp3) is 0.611. The van der Waals surface area contributed by atoms with Gasteiger partial charge in [-0.3, -0.25) is 4.79 Å². The van der Waals surface area contributed by atoms with Crippen LogP contribution in [0.15, 0.2) is 24.3 Å². The summed E-state index contributed by atoms with van der Waals surface area (Å²) in [7, 11) is 0. The molecule has 3 rings (SSSR count). The minimum Gasteiger partial charge on any atom is -0.371 e. The van der Waals surface area contributed by atoms with Crippen molar-refractivity contribution in [1.29, 1.82) is 0 Å². The van der Waals surface area contributed by atoms with E-state index in [1.54, 1.807) is 4.90 Å². The van der Waals surface area contributed by atoms with Crippen molar-refractivity contribution in [2.24, 2.45) is 0 Å². The van der Waals surface area contributed by atoms with Crippen molar-refractivity contribution in [2.45, 2.75) is 38.2 Å². The highest BCUT2D eigenvalue weighted by Crippen LogP contribution is 2.26. The molecule has 1 amide bonds. The van der Waals surface area contributed by atoms with Crippen molar-refractivity contribution in [3.05, 3.63) is 35.4 Å². The number of fused-ring (bicyclic) bond motifs is 1. The second-order valence-corrected chi connectivity index (χ2v) is 6.42. The van der Waals surface area contributed by atoms with Crippen molar-refractivity contribution in [3.63, 3.8) is 0 Å². The Labute approximate surface area is 132 Å². The molecule has 0 aliphatic carbocycles. The number of hydrogen-bond acceptors (Lipinski definition) is 2. The van der Waals surface area contributed by atoms with E-state index in [-0.39, 0.29) is 12.0 Å². The summed E-state index contributed by atoms with van der Waals surface area (Å²) >= 11 is 0. The summed E-state index contributed by atoms with van der Waals surface area (Å²) in [6, 6.07) is 8.39. The van der Waals surface area contributed by atoms with Gasteiger partial charge in [0.05, 0.1) is 32.7 Å². The SMILES string of the molecule is O=C(CC[NH+]1CCCCC1)NC[C@H]1OCCc2ccccc21. The van der Waals surface area contributed by atoms with Gasteiger partial charge >= 0.3 is 0 Å². The van der Waals surface area contributed by atoms with Crippen LogP contribution in [0.2, 0.25) is 0 Å². The van der Waals surface area contributed by atoms with E-state index < -0.39 is 0 Å². The van der Waals surface area contributed by atoms with Crippen molar-refractivity contribution < 1.29 is 14.4 Å². The number of likely N-dealkylation sites (tertiary alicyclic amines) is 1. The van der Waals surface area contributed by atoms with Crippen LogP contribution in [0.3, 0.4) is 0 Å². The minimum absolute atomic E-state index is 0.0104. The molecule has 2 aliphatic heterocycles. The molecule has 0 aromatic heterocycles. The molecular formula is C18H27N2O2+. The summed E-state index contributed by atoms with van der Waals surface area (Å²) in [5.74, 6) is 0.157. The first kappa shape index (κ1) is 15.5. The third kappa shape index (κ3) is 4.08. The molecular weight excluding hydrogens is 276 g/mol. The molecule has 2 heterocycles. The summed E-state index contributed by atoms with van der Waals surface area (Å²) in [4.78, 5) is 13.6. The first-order valence-electron chi connectivity index (χ1n) is 8.62. The van der Waals surface area contributed by atoms with Gasteiger partial charge in [0, 0.05) is 6.54 Å². The Kier molecular flexibility index (Phi) is 5.46. The Morgan fingerprint density at radius 2 is 2.05 bits per heavy atom. The first-order valence-corrected chi connectivity index (χ1v) is 8.62. The summed E-state index contributed by atoms with van der Waals surface area (Å²) in [5.41, 5.74) is 2.58. The standard InChI is InChI=1S/C18H26N2O2/c21-18(8-12-20-10-4-1-5-11-20)19-14-17-16-7-3-2-6-15(16)9-13-22-17/h2-3,6-7,17H,1,4-5,8-14H2,(H,19,21)/p+1/t17-/m1/s1. The molecule has 1 aromatic rings. The number of benzene rings is 1. The lowest BCUT2D eigenvalue weighted by molar-refractivity contribution is -0.904. The highest BCUT2D eigenvalue weighted by atomic mass is 16.5. The van der Waals surface area contributed by atoms with Crippen molar-refractivity contribution >= 4 is 5.91 Å². The molecule has 22 heavy (non-hydrogen) atoms. The number of carbonyl (C=O) groups excluding carboxylic acids is 1. The van der Waals surface area contributed by atoms with Gasteiger partial charge in [-0.05, 0) is 36.8 Å². The molecule has 0 saturated carbocycles. The van der Waals surface area contributed by atoms with Crippen LogP contribution in [0.4, 0.5) is 0 Å². The van der Waals surface area contributed by atoms with Crippen LogP contribution in [0, 0.1) is 0 Å². The van der Waals surface area contributed by atoms with Gasteiger partial charge < -0.3 is 15.0 Å². The topological polar surface area (TPSA) is 42.8 Å². The van der Waals surface area contributed by atoms with Crippen molar-refractivity contribution in [2.75, 3.05) is 32.8 Å². The summed E-state index contributed by atoms with van der Waals surface area (Å²) in [6.07, 6.45) is 5.58. The van der Waals surface area contributed by atoms with E-state index in [4.69, 9.17) is 4.74 Å². The van der Waals surface area contributed by atoms with E-state index >= 15 is 0 Å². The highest BCUT2D eigenvalue weighted by molar-refractivity contribution is 5.75. The first-order chi connectivity index (χ1) is 10.8. The molecule has 4 nitrogen and oxygen atoms in total. The zero-order chi connectivity index (χ0) is 15.2. The van der Waals surface area contributed by atoms with Gasteiger partial charge in [0.15, 0.2) is 0 Å². The van der Waals surface area contributed by atoms with Gasteiger partial charge in [-0.2, -0.15) is 0 Å². The van der Waals surface area contributed by atoms with Crippen molar-refractivity contribution in [1.82, 2.24) is 5.32 Å². The van der Waals surface area contributed by atoms with Crippen LogP contribution < -0.4 is 10.2 Å². The van der Waals surface area contributed by atoms with E-state index in [0.29, 0.717) is 13.0 Å². The van der Waals surface area contributed by atoms with Gasteiger partial charge in [-0.25, -0.2) is 0 Å². The van der Waals surface area contributed by atoms with Crippen LogP contribution in [0.5, 0.6) is 0 Å². The monoisotopic (exact) mass is 303 g/mol. The number of hydrogen-bond donors (Lipinski definition) is 2. The quantitative estimate of drug-likeness (QED) is 0.848. The molecule has 2 aliphatic rings. The Balaban J connectivity index is 1.43. The Bertz CT molecular complexity index is 498. The Morgan fingerprint density at radius 3 is 2.91 bits per heavy atom. The van der Waals surface area contributed by atoms with E-state index in [1.807, 2.05) is 6.07 Å². The highest BCUT2D eigenvalue weighted by Gasteiger charge is 2.21. The zero-order valence-corrected chi connectivity index (χ0v) is 13.3. The van der Waals surface area contributed by atoms with E-state index in [0.717, 1.165) is 19.6 Å². The molecule has 1 atom stereocenters. The van der Waals surface area contributed by atoms with Gasteiger partial charge in [-0.1, -0.05) is 24.3 Å². The lowest BCUT2D eigenvalue weighted by Crippen LogP contribution is -3.12. The van der Waals surface area contributed by atoms with Crippen LogP contribution in [-0.2, 0) is 16.0 Å². The summed E-state index contributed by atoms with van der Waals surface area (Å²) in [5, 5.41) is 3.06. The molecule has 2 N–H and O–H groups in total. The van der Waals surface area contributed by atoms with Crippen LogP contribution >= 0.6 is 0 Å². The molecule has 0 bridgehead atoms. The lowest BCUT2D eigenvalue weighted by Gasteiger charge is -2.26. The molecule has 1 fully saturated rings. The zero-order valence-electron chi connectivity index (χ0n) is 13.3. The molecule has 120 valence electrons. The molecule has 0 unspecified atom stereocenters. The molecule has 0 radical (unpaired) electrons. The van der Waals surface area contributed by atoms with Gasteiger partial charge in [0.1, 0.15) is 6.10 Å². The largest absolute Gasteiger partial charge is 0.371 e. The predicted octanol–water partition coefficient (Wildman–Crippen LogP) is 0.876. The maximum atomic E-state index is 12.1. The number of quaternary nitrogens is 1. The smallest absolute Gasteiger partial charge is 0.225 e. The molecule has 4 heteroatoms. The lowest BCUT2D eigenvalue weighted by atomic mass is 9.97. The Hall–Kier alpha value is -1.39. The van der Waals surface area contributed by atoms with E-state index in [9.17, 15) is 4.79 Å². The fourth-order valence-corrected chi connectivity index (χ4v) is 3.53. The number of carbonyl (C=O) groups is 1. The van der Waals surface area contributed by atoms with Gasteiger partial charge in [0.25, 0.3) is 0 Å². The number of piperidine rings is 1. The van der Waals surface area contributed by atoms with Crippen molar-refractivity contribution in [3.8, 4) is 0 Å². The minimum atomic E-state index is 0.0104. The average molecular weight is 303 g/mol. The summed E-state index contributed by atoms with van der Waals surface area (Å²) in [6.45, 7) is 4.76. The molecule has 0 spiro atoms. The second kappa shape index (κ2) is 7.75. The number of rotatable bonds is 5. The van der Waals surface area contributed by atoms with Crippen LogP contribution in [-0.4, -0.2) is 38.7 Å². The Morgan fingerprint density at radius 1 is 1.23 bits per heavy atom. The average Bonchev–Trinajstić information content (AvgIpc) is 2.59. The third-order valence-corrected chi connectivity index (χ3v) is 4.84. The van der Waals surface area contributed by atoms with Crippen LogP contribution in [0.25, 0.3) is 0 Å². The second-order valence-electron chi connectivity index (χ2n) is 6.42. The number of ether oxygens (including phenoxy) is 1. The number of amides is 1.